The van der Waals surface area contributed by atoms with Crippen LogP contribution in [-0.4, -0.2) is 36.6 Å². The first-order valence-corrected chi connectivity index (χ1v) is 8.46. The minimum Gasteiger partial charge on any atom is -0.490 e. The number of nitrogens with one attached hydrogen (secondary N) is 1. The van der Waals surface area contributed by atoms with Crippen molar-refractivity contribution in [3.63, 3.8) is 0 Å². The Kier molecular flexibility index (Phi) is 6.41. The first kappa shape index (κ1) is 18.8. The van der Waals surface area contributed by atoms with Crippen LogP contribution in [0.4, 0.5) is 4.79 Å². The van der Waals surface area contributed by atoms with Crippen LogP contribution in [0.2, 0.25) is 0 Å². The van der Waals surface area contributed by atoms with Crippen molar-refractivity contribution in [3.8, 4) is 11.5 Å². The second-order valence-corrected chi connectivity index (χ2v) is 5.91. The zero-order valence-electron chi connectivity index (χ0n) is 13.9. The van der Waals surface area contributed by atoms with Gasteiger partial charge in [0.05, 0.1) is 11.1 Å². The lowest BCUT2D eigenvalue weighted by Gasteiger charge is -2.13. The van der Waals surface area contributed by atoms with E-state index in [1.54, 1.807) is 24.3 Å². The summed E-state index contributed by atoms with van der Waals surface area (Å²) in [5.41, 5.74) is 0.881. The molecule has 0 unspecified atom stereocenters. The van der Waals surface area contributed by atoms with Crippen LogP contribution in [0.25, 0.3) is 6.08 Å². The lowest BCUT2D eigenvalue weighted by atomic mass is 10.1. The summed E-state index contributed by atoms with van der Waals surface area (Å²) in [6.45, 7) is 9.99. The van der Waals surface area contributed by atoms with E-state index in [1.807, 2.05) is 6.92 Å². The smallest absolute Gasteiger partial charge is 0.329 e. The maximum atomic E-state index is 12.3. The molecule has 2 rings (SSSR count). The number of amides is 3. The molecule has 0 aliphatic carbocycles. The molecule has 3 amide bonds. The largest absolute Gasteiger partial charge is 0.490 e. The van der Waals surface area contributed by atoms with Gasteiger partial charge in [-0.25, -0.2) is 4.79 Å². The van der Waals surface area contributed by atoms with E-state index in [4.69, 9.17) is 9.47 Å². The van der Waals surface area contributed by atoms with Crippen molar-refractivity contribution in [3.05, 3.63) is 53.2 Å². The molecular weight excluding hydrogens is 388 g/mol. The second kappa shape index (κ2) is 8.53. The lowest BCUT2D eigenvalue weighted by Crippen LogP contribution is -2.30. The van der Waals surface area contributed by atoms with Crippen molar-refractivity contribution in [1.29, 1.82) is 0 Å². The molecule has 0 saturated carbocycles. The number of benzene rings is 1. The summed E-state index contributed by atoms with van der Waals surface area (Å²) in [4.78, 5) is 25.2. The van der Waals surface area contributed by atoms with Crippen LogP contribution in [0.15, 0.2) is 47.6 Å². The van der Waals surface area contributed by atoms with Gasteiger partial charge < -0.3 is 14.8 Å². The Morgan fingerprint density at radius 2 is 2.00 bits per heavy atom. The zero-order chi connectivity index (χ0) is 18.4. The van der Waals surface area contributed by atoms with Crippen LogP contribution in [-0.2, 0) is 4.79 Å². The molecule has 1 aromatic rings. The lowest BCUT2D eigenvalue weighted by molar-refractivity contribution is -0.122. The molecule has 1 aromatic carbocycles. The number of urea groups is 1. The minimum atomic E-state index is -0.466. The fourth-order valence-electron chi connectivity index (χ4n) is 2.25. The summed E-state index contributed by atoms with van der Waals surface area (Å²) in [6.07, 6.45) is 4.72. The highest BCUT2D eigenvalue weighted by Crippen LogP contribution is 2.37. The number of halogens is 1. The Bertz CT molecular complexity index is 743. The van der Waals surface area contributed by atoms with Gasteiger partial charge in [0.2, 0.25) is 0 Å². The first-order chi connectivity index (χ1) is 12.0. The fraction of sp³-hybridized carbons (Fsp3) is 0.222. The second-order valence-electron chi connectivity index (χ2n) is 5.06. The van der Waals surface area contributed by atoms with Crippen molar-refractivity contribution in [1.82, 2.24) is 10.2 Å². The van der Waals surface area contributed by atoms with Crippen LogP contribution in [0.3, 0.4) is 0 Å². The van der Waals surface area contributed by atoms with E-state index < -0.39 is 11.9 Å². The molecule has 132 valence electrons. The predicted octanol–water partition coefficient (Wildman–Crippen LogP) is 3.49. The van der Waals surface area contributed by atoms with Gasteiger partial charge in [0.1, 0.15) is 12.3 Å². The van der Waals surface area contributed by atoms with Gasteiger partial charge in [-0.05, 0) is 46.6 Å². The van der Waals surface area contributed by atoms with Crippen molar-refractivity contribution in [2.45, 2.75) is 6.92 Å². The Balaban J connectivity index is 2.36. The van der Waals surface area contributed by atoms with Crippen LogP contribution in [0, 0.1) is 0 Å². The van der Waals surface area contributed by atoms with Crippen LogP contribution < -0.4 is 14.8 Å². The van der Waals surface area contributed by atoms with Crippen LogP contribution in [0.1, 0.15) is 12.5 Å². The van der Waals surface area contributed by atoms with E-state index in [1.165, 1.54) is 6.08 Å². The molecule has 0 atom stereocenters. The third-order valence-electron chi connectivity index (χ3n) is 3.26. The number of rotatable bonds is 8. The number of hydrogen-bond donors (Lipinski definition) is 1. The van der Waals surface area contributed by atoms with Gasteiger partial charge in [-0.2, -0.15) is 0 Å². The number of carbonyl (C=O) groups is 2. The van der Waals surface area contributed by atoms with E-state index in [0.29, 0.717) is 34.7 Å². The van der Waals surface area contributed by atoms with Crippen molar-refractivity contribution < 1.29 is 19.1 Å². The minimum absolute atomic E-state index is 0.157. The summed E-state index contributed by atoms with van der Waals surface area (Å²) >= 11 is 3.45. The van der Waals surface area contributed by atoms with Gasteiger partial charge in [-0.15, -0.1) is 6.58 Å². The molecule has 1 N–H and O–H groups in total. The molecule has 25 heavy (non-hydrogen) atoms. The first-order valence-electron chi connectivity index (χ1n) is 7.67. The predicted molar refractivity (Wildman–Crippen MR) is 99.4 cm³/mol. The van der Waals surface area contributed by atoms with Gasteiger partial charge in [0, 0.05) is 6.54 Å². The van der Waals surface area contributed by atoms with Crippen molar-refractivity contribution >= 4 is 33.9 Å². The van der Waals surface area contributed by atoms with Crippen LogP contribution >= 0.6 is 15.9 Å². The van der Waals surface area contributed by atoms with E-state index >= 15 is 0 Å². The Labute approximate surface area is 154 Å². The summed E-state index contributed by atoms with van der Waals surface area (Å²) in [5, 5.41) is 2.56. The highest BCUT2D eigenvalue weighted by Gasteiger charge is 2.32. The molecular formula is C18H19BrN2O4. The van der Waals surface area contributed by atoms with E-state index in [9.17, 15) is 9.59 Å². The summed E-state index contributed by atoms with van der Waals surface area (Å²) in [5.74, 6) is 0.690. The topological polar surface area (TPSA) is 67.9 Å². The quantitative estimate of drug-likeness (QED) is 0.407. The summed E-state index contributed by atoms with van der Waals surface area (Å²) in [6, 6.07) is 3.06. The Morgan fingerprint density at radius 3 is 2.64 bits per heavy atom. The molecule has 0 radical (unpaired) electrons. The van der Waals surface area contributed by atoms with Crippen molar-refractivity contribution in [2.24, 2.45) is 0 Å². The van der Waals surface area contributed by atoms with E-state index in [-0.39, 0.29) is 12.2 Å². The van der Waals surface area contributed by atoms with Crippen LogP contribution in [0.5, 0.6) is 11.5 Å². The molecule has 1 saturated heterocycles. The third-order valence-corrected chi connectivity index (χ3v) is 3.85. The van der Waals surface area contributed by atoms with Gasteiger partial charge in [-0.3, -0.25) is 9.69 Å². The average molecular weight is 407 g/mol. The van der Waals surface area contributed by atoms with Gasteiger partial charge >= 0.3 is 6.03 Å². The third kappa shape index (κ3) is 4.30. The summed E-state index contributed by atoms with van der Waals surface area (Å²) < 4.78 is 11.9. The molecule has 1 aliphatic heterocycles. The molecule has 0 bridgehead atoms. The monoisotopic (exact) mass is 406 g/mol. The standard InChI is InChI=1S/C18H19BrN2O4/c1-4-7-21-17(22)14(20-18(21)23)10-12-9-13(19)16(25-8-5-2)15(11-12)24-6-3/h4-5,9-11H,1-2,6-8H2,3H3,(H,20,23)/b14-10+. The van der Waals surface area contributed by atoms with E-state index in [0.717, 1.165) is 4.90 Å². The van der Waals surface area contributed by atoms with Gasteiger partial charge in [0.25, 0.3) is 5.91 Å². The maximum Gasteiger partial charge on any atom is 0.329 e. The Morgan fingerprint density at radius 1 is 1.24 bits per heavy atom. The number of ether oxygens (including phenoxy) is 2. The molecule has 1 aliphatic rings. The molecule has 1 heterocycles. The molecule has 6 nitrogen and oxygen atoms in total. The highest BCUT2D eigenvalue weighted by atomic mass is 79.9. The maximum absolute atomic E-state index is 12.3. The Hall–Kier alpha value is -2.54. The number of carbonyl (C=O) groups excluding carboxylic acids is 2. The number of nitrogens with zero attached hydrogens (tertiary/aromatic N) is 1. The summed E-state index contributed by atoms with van der Waals surface area (Å²) in [7, 11) is 0. The molecule has 7 heteroatoms. The van der Waals surface area contributed by atoms with Gasteiger partial charge in [0.15, 0.2) is 11.5 Å². The van der Waals surface area contributed by atoms with Gasteiger partial charge in [-0.1, -0.05) is 18.7 Å². The molecule has 0 spiro atoms. The normalized spacial score (nSPS) is 15.3. The van der Waals surface area contributed by atoms with E-state index in [2.05, 4.69) is 34.4 Å². The zero-order valence-corrected chi connectivity index (χ0v) is 15.5. The molecule has 0 aromatic heterocycles. The highest BCUT2D eigenvalue weighted by molar-refractivity contribution is 9.10. The SMILES string of the molecule is C=CCOc1c(Br)cc(/C=C2/NC(=O)N(CC=C)C2=O)cc1OCC. The fourth-order valence-corrected chi connectivity index (χ4v) is 2.82. The van der Waals surface area contributed by atoms with Crippen molar-refractivity contribution in [2.75, 3.05) is 19.8 Å². The average Bonchev–Trinajstić information content (AvgIpc) is 2.82. The molecule has 1 fully saturated rings. The number of hydrogen-bond acceptors (Lipinski definition) is 4. The number of imide groups is 1.